The van der Waals surface area contributed by atoms with Crippen LogP contribution in [0.4, 0.5) is 0 Å². The number of allylic oxidation sites excluding steroid dienone is 2. The summed E-state index contributed by atoms with van der Waals surface area (Å²) in [5.74, 6) is 0.767. The molecule has 0 saturated heterocycles. The van der Waals surface area contributed by atoms with Crippen LogP contribution in [0.2, 0.25) is 0 Å². The highest BCUT2D eigenvalue weighted by Gasteiger charge is 2.41. The Bertz CT molecular complexity index is 741. The topological polar surface area (TPSA) is 66.8 Å². The summed E-state index contributed by atoms with van der Waals surface area (Å²) in [5.41, 5.74) is 2.06. The highest BCUT2D eigenvalue weighted by molar-refractivity contribution is 6.21. The minimum absolute atomic E-state index is 0.000603. The molecule has 0 amide bonds. The number of ether oxygens (including phenoxy) is 1. The molecule has 1 unspecified atom stereocenters. The van der Waals surface area contributed by atoms with E-state index in [9.17, 15) is 15.0 Å². The largest absolute Gasteiger partial charge is 0.469 e. The number of benzene rings is 1. The van der Waals surface area contributed by atoms with Gasteiger partial charge < -0.3 is 14.9 Å². The highest BCUT2D eigenvalue weighted by atomic mass is 35.5. The molecule has 0 spiro atoms. The number of alkyl halides is 1. The van der Waals surface area contributed by atoms with Crippen molar-refractivity contribution in [1.29, 1.82) is 0 Å². The number of methoxy groups -OCH3 is 1. The lowest BCUT2D eigenvalue weighted by molar-refractivity contribution is -0.140. The molecule has 0 bridgehead atoms. The van der Waals surface area contributed by atoms with E-state index in [2.05, 4.69) is 29.0 Å². The molecule has 2 aliphatic carbocycles. The molecule has 0 radical (unpaired) electrons. The Kier molecular flexibility index (Phi) is 10.7. The smallest absolute Gasteiger partial charge is 0.305 e. The number of aliphatic hydroxyl groups excluding tert-OH is 2. The summed E-state index contributed by atoms with van der Waals surface area (Å²) in [6.45, 7) is 0. The van der Waals surface area contributed by atoms with Crippen molar-refractivity contribution in [1.82, 2.24) is 0 Å². The Hall–Kier alpha value is -1.36. The Morgan fingerprint density at radius 3 is 2.61 bits per heavy atom. The van der Waals surface area contributed by atoms with E-state index < -0.39 is 12.2 Å². The minimum atomic E-state index is -0.452. The van der Waals surface area contributed by atoms with E-state index in [1.165, 1.54) is 39.2 Å². The van der Waals surface area contributed by atoms with Crippen molar-refractivity contribution >= 4 is 17.6 Å². The number of rotatable bonds is 11. The fourth-order valence-corrected chi connectivity index (χ4v) is 6.08. The zero-order valence-electron chi connectivity index (χ0n) is 20.0. The van der Waals surface area contributed by atoms with Gasteiger partial charge in [-0.25, -0.2) is 0 Å². The summed E-state index contributed by atoms with van der Waals surface area (Å²) < 4.78 is 4.67. The second-order valence-electron chi connectivity index (χ2n) is 9.95. The van der Waals surface area contributed by atoms with Gasteiger partial charge >= 0.3 is 5.97 Å². The molecule has 1 aromatic rings. The first-order valence-electron chi connectivity index (χ1n) is 12.8. The van der Waals surface area contributed by atoms with Crippen LogP contribution in [0, 0.1) is 11.8 Å². The van der Waals surface area contributed by atoms with Crippen LogP contribution in [-0.4, -0.2) is 34.8 Å². The summed E-state index contributed by atoms with van der Waals surface area (Å²) in [5, 5.41) is 21.3. The minimum Gasteiger partial charge on any atom is -0.469 e. The third-order valence-corrected chi connectivity index (χ3v) is 8.14. The van der Waals surface area contributed by atoms with Gasteiger partial charge in [-0.1, -0.05) is 68.5 Å². The molecule has 2 N–H and O–H groups in total. The van der Waals surface area contributed by atoms with Gasteiger partial charge in [0.1, 0.15) is 0 Å². The maximum atomic E-state index is 11.2. The molecule has 2 fully saturated rings. The first-order chi connectivity index (χ1) is 16.0. The number of carbonyl (C=O) groups is 1. The van der Waals surface area contributed by atoms with Crippen LogP contribution in [0.3, 0.4) is 0 Å². The lowest BCUT2D eigenvalue weighted by Crippen LogP contribution is -2.18. The fourth-order valence-electron chi connectivity index (χ4n) is 5.64. The highest BCUT2D eigenvalue weighted by Crippen LogP contribution is 2.45. The number of esters is 1. The van der Waals surface area contributed by atoms with E-state index in [0.717, 1.165) is 49.1 Å². The average Bonchev–Trinajstić information content (AvgIpc) is 3.12. The lowest BCUT2D eigenvalue weighted by atomic mass is 9.83. The average molecular weight is 477 g/mol. The molecule has 2 aliphatic rings. The van der Waals surface area contributed by atoms with Gasteiger partial charge in [-0.2, -0.15) is 0 Å². The van der Waals surface area contributed by atoms with Crippen LogP contribution in [0.1, 0.15) is 100 Å². The normalized spacial score (nSPS) is 27.2. The molecule has 2 saturated carbocycles. The molecule has 5 heteroatoms. The van der Waals surface area contributed by atoms with Gasteiger partial charge in [-0.3, -0.25) is 4.79 Å². The van der Waals surface area contributed by atoms with Crippen molar-refractivity contribution in [3.8, 4) is 0 Å². The number of hydrogen-bond acceptors (Lipinski definition) is 4. The van der Waals surface area contributed by atoms with Gasteiger partial charge in [0.2, 0.25) is 0 Å². The van der Waals surface area contributed by atoms with E-state index in [4.69, 9.17) is 11.6 Å². The van der Waals surface area contributed by atoms with Crippen molar-refractivity contribution in [2.45, 2.75) is 101 Å². The quantitative estimate of drug-likeness (QED) is 0.167. The molecule has 184 valence electrons. The maximum absolute atomic E-state index is 11.2. The molecular weight excluding hydrogens is 436 g/mol. The molecule has 5 atom stereocenters. The number of aliphatic hydroxyl groups is 2. The number of carbonyl (C=O) groups excluding carboxylic acids is 1. The van der Waals surface area contributed by atoms with E-state index in [-0.39, 0.29) is 23.2 Å². The molecule has 0 aromatic heterocycles. The van der Waals surface area contributed by atoms with Crippen LogP contribution in [-0.2, 0) is 9.53 Å². The van der Waals surface area contributed by atoms with Gasteiger partial charge in [0.05, 0.1) is 19.3 Å². The summed E-state index contributed by atoms with van der Waals surface area (Å²) in [6, 6.07) is 8.17. The van der Waals surface area contributed by atoms with E-state index >= 15 is 0 Å². The van der Waals surface area contributed by atoms with Crippen LogP contribution in [0.5, 0.6) is 0 Å². The Balaban J connectivity index is 1.53. The van der Waals surface area contributed by atoms with Gasteiger partial charge in [0.15, 0.2) is 0 Å². The third-order valence-electron chi connectivity index (χ3n) is 7.64. The number of halogens is 1. The third kappa shape index (κ3) is 7.83. The Morgan fingerprint density at radius 2 is 1.91 bits per heavy atom. The second kappa shape index (κ2) is 13.5. The maximum Gasteiger partial charge on any atom is 0.305 e. The van der Waals surface area contributed by atoms with E-state index in [1.807, 2.05) is 12.1 Å². The van der Waals surface area contributed by atoms with Crippen LogP contribution < -0.4 is 0 Å². The van der Waals surface area contributed by atoms with Gasteiger partial charge in [-0.05, 0) is 61.5 Å². The predicted octanol–water partition coefficient (Wildman–Crippen LogP) is 6.44. The first kappa shape index (κ1) is 26.2. The van der Waals surface area contributed by atoms with Crippen molar-refractivity contribution in [2.24, 2.45) is 11.8 Å². The number of unbranched alkanes of at least 4 members (excludes halogenated alkanes) is 1. The lowest BCUT2D eigenvalue weighted by Gasteiger charge is -2.24. The van der Waals surface area contributed by atoms with Crippen LogP contribution >= 0.6 is 11.6 Å². The molecule has 4 nitrogen and oxygen atoms in total. The second-order valence-corrected chi connectivity index (χ2v) is 10.5. The monoisotopic (exact) mass is 476 g/mol. The van der Waals surface area contributed by atoms with Gasteiger partial charge in [0, 0.05) is 17.7 Å². The fraction of sp³-hybridized carbons (Fsp3) is 0.679. The summed E-state index contributed by atoms with van der Waals surface area (Å²) in [6.07, 6.45) is 15.4. The molecular formula is C28H41ClO4. The molecule has 0 heterocycles. The number of hydrogen-bond donors (Lipinski definition) is 2. The zero-order valence-corrected chi connectivity index (χ0v) is 20.8. The predicted molar refractivity (Wildman–Crippen MR) is 133 cm³/mol. The van der Waals surface area contributed by atoms with Gasteiger partial charge in [0.25, 0.3) is 0 Å². The Morgan fingerprint density at radius 1 is 1.18 bits per heavy atom. The first-order valence-corrected chi connectivity index (χ1v) is 13.2. The molecule has 3 rings (SSSR count). The van der Waals surface area contributed by atoms with Crippen molar-refractivity contribution in [3.63, 3.8) is 0 Å². The van der Waals surface area contributed by atoms with Crippen LogP contribution in [0.25, 0.3) is 0 Å². The Labute approximate surface area is 204 Å². The van der Waals surface area contributed by atoms with Crippen molar-refractivity contribution in [3.05, 3.63) is 47.5 Å². The van der Waals surface area contributed by atoms with Crippen LogP contribution in [0.15, 0.2) is 36.4 Å². The standard InChI is InChI=1S/C28H41ClO4/c1-33-27(32)12-8-3-2-7-11-23-24(29)19-26(31)28(23)22-16-14-21(15-17-22)25(30)18-13-20-9-5-4-6-10-20/h2,7,14-17,20,23-26,28,30-31H,3-6,8-13,18-19H2,1H3/b7-2-/t23-,24-,25?,26+,28+/m0/s1. The molecule has 33 heavy (non-hydrogen) atoms. The van der Waals surface area contributed by atoms with Gasteiger partial charge in [-0.15, -0.1) is 11.6 Å². The molecule has 0 aliphatic heterocycles. The summed E-state index contributed by atoms with van der Waals surface area (Å²) in [4.78, 5) is 11.2. The van der Waals surface area contributed by atoms with Crippen molar-refractivity contribution in [2.75, 3.05) is 7.11 Å². The molecule has 1 aromatic carbocycles. The summed E-state index contributed by atoms with van der Waals surface area (Å²) in [7, 11) is 1.41. The van der Waals surface area contributed by atoms with E-state index in [0.29, 0.717) is 12.8 Å². The summed E-state index contributed by atoms with van der Waals surface area (Å²) >= 11 is 6.62. The van der Waals surface area contributed by atoms with E-state index in [1.54, 1.807) is 0 Å². The van der Waals surface area contributed by atoms with Crippen molar-refractivity contribution < 1.29 is 19.7 Å². The SMILES string of the molecule is COC(=O)CCC/C=C\C[C@@H]1[C@@H](c2ccc(C(O)CCC3CCCCC3)cc2)[C@H](O)C[C@@H]1Cl. The zero-order chi connectivity index (χ0) is 23.6.